The molecule has 4 N–H and O–H groups in total. The first-order chi connectivity index (χ1) is 10.0. The number of nitrogens with one attached hydrogen (secondary N) is 2. The van der Waals surface area contributed by atoms with Gasteiger partial charge in [-0.3, -0.25) is 10.6 Å². The van der Waals surface area contributed by atoms with Crippen LogP contribution in [0.2, 0.25) is 5.02 Å². The molecule has 0 aliphatic heterocycles. The smallest absolute Gasteiger partial charge is 0.257 e. The molecule has 21 heavy (non-hydrogen) atoms. The highest BCUT2D eigenvalue weighted by Crippen LogP contribution is 2.24. The molecule has 0 atom stereocenters. The van der Waals surface area contributed by atoms with Crippen molar-refractivity contribution in [3.63, 3.8) is 0 Å². The zero-order valence-corrected chi connectivity index (χ0v) is 13.0. The molecule has 2 rings (SSSR count). The van der Waals surface area contributed by atoms with E-state index in [0.717, 1.165) is 4.47 Å². The fourth-order valence-corrected chi connectivity index (χ4v) is 2.27. The molecule has 0 spiro atoms. The van der Waals surface area contributed by atoms with Gasteiger partial charge >= 0.3 is 0 Å². The first kappa shape index (κ1) is 15.3. The molecular weight excluding hydrogens is 356 g/mol. The van der Waals surface area contributed by atoms with Crippen molar-refractivity contribution in [3.8, 4) is 6.07 Å². The lowest BCUT2D eigenvalue weighted by atomic mass is 10.1. The molecule has 0 aliphatic carbocycles. The van der Waals surface area contributed by atoms with Gasteiger partial charge in [0.2, 0.25) is 0 Å². The number of rotatable bonds is 3. The minimum absolute atomic E-state index is 0.286. The maximum absolute atomic E-state index is 12.3. The lowest BCUT2D eigenvalue weighted by Gasteiger charge is -2.11. The van der Waals surface area contributed by atoms with E-state index >= 15 is 0 Å². The Balaban J connectivity index is 2.37. The summed E-state index contributed by atoms with van der Waals surface area (Å²) in [5.41, 5.74) is 3.92. The third kappa shape index (κ3) is 3.52. The van der Waals surface area contributed by atoms with Gasteiger partial charge in [-0.05, 0) is 36.4 Å². The van der Waals surface area contributed by atoms with E-state index in [1.807, 2.05) is 6.07 Å². The van der Waals surface area contributed by atoms with Crippen LogP contribution in [0.15, 0.2) is 40.9 Å². The van der Waals surface area contributed by atoms with Gasteiger partial charge in [-0.1, -0.05) is 27.5 Å². The molecule has 7 heteroatoms. The van der Waals surface area contributed by atoms with Gasteiger partial charge in [0.25, 0.3) is 5.91 Å². The van der Waals surface area contributed by atoms with Gasteiger partial charge in [0.1, 0.15) is 6.07 Å². The molecule has 0 saturated carbocycles. The predicted octanol–water partition coefficient (Wildman–Crippen LogP) is 3.51. The molecule has 0 aromatic heterocycles. The van der Waals surface area contributed by atoms with E-state index in [0.29, 0.717) is 22.0 Å². The zero-order valence-electron chi connectivity index (χ0n) is 10.7. The minimum Gasteiger partial charge on any atom is -0.323 e. The van der Waals surface area contributed by atoms with Gasteiger partial charge in [0.05, 0.1) is 22.5 Å². The number of anilines is 2. The number of halogens is 2. The summed E-state index contributed by atoms with van der Waals surface area (Å²) >= 11 is 9.19. The van der Waals surface area contributed by atoms with Crippen LogP contribution < -0.4 is 16.6 Å². The summed E-state index contributed by atoms with van der Waals surface area (Å²) in [6, 6.07) is 11.7. The Labute approximate surface area is 134 Å². The van der Waals surface area contributed by atoms with Crippen LogP contribution in [0.1, 0.15) is 15.9 Å². The average molecular weight is 366 g/mol. The zero-order chi connectivity index (χ0) is 15.4. The SMILES string of the molecule is N#Cc1ccc(Br)cc1NC(=O)c1cc(Cl)ccc1NN. The highest BCUT2D eigenvalue weighted by Gasteiger charge is 2.14. The number of benzene rings is 2. The quantitative estimate of drug-likeness (QED) is 0.573. The molecule has 0 saturated heterocycles. The van der Waals surface area contributed by atoms with Gasteiger partial charge < -0.3 is 10.7 Å². The number of carbonyl (C=O) groups excluding carboxylic acids is 1. The molecule has 1 amide bonds. The molecule has 2 aromatic rings. The van der Waals surface area contributed by atoms with Crippen molar-refractivity contribution >= 4 is 44.8 Å². The Hall–Kier alpha value is -2.07. The topological polar surface area (TPSA) is 90.9 Å². The maximum Gasteiger partial charge on any atom is 0.257 e. The molecule has 5 nitrogen and oxygen atoms in total. The number of nitrogens with zero attached hydrogens (tertiary/aromatic N) is 1. The summed E-state index contributed by atoms with van der Waals surface area (Å²) in [5, 5.41) is 12.2. The Morgan fingerprint density at radius 3 is 2.67 bits per heavy atom. The van der Waals surface area contributed by atoms with Gasteiger partial charge in [-0.15, -0.1) is 0 Å². The molecular formula is C14H10BrClN4O. The molecule has 0 unspecified atom stereocenters. The molecule has 2 aromatic carbocycles. The Kier molecular flexibility index (Phi) is 4.81. The lowest BCUT2D eigenvalue weighted by Crippen LogP contribution is -2.17. The van der Waals surface area contributed by atoms with Gasteiger partial charge in [0, 0.05) is 9.50 Å². The van der Waals surface area contributed by atoms with E-state index < -0.39 is 5.91 Å². The number of hydrazine groups is 1. The van der Waals surface area contributed by atoms with E-state index in [-0.39, 0.29) is 5.56 Å². The second-order valence-electron chi connectivity index (χ2n) is 4.09. The monoisotopic (exact) mass is 364 g/mol. The molecule has 0 radical (unpaired) electrons. The fourth-order valence-electron chi connectivity index (χ4n) is 1.74. The second-order valence-corrected chi connectivity index (χ2v) is 5.44. The maximum atomic E-state index is 12.3. The molecule has 0 fully saturated rings. The third-order valence-corrected chi connectivity index (χ3v) is 3.46. The van der Waals surface area contributed by atoms with Crippen LogP contribution >= 0.6 is 27.5 Å². The number of amides is 1. The molecule has 0 aliphatic rings. The fraction of sp³-hybridized carbons (Fsp3) is 0. The minimum atomic E-state index is -0.417. The molecule has 0 bridgehead atoms. The van der Waals surface area contributed by atoms with E-state index in [9.17, 15) is 4.79 Å². The average Bonchev–Trinajstić information content (AvgIpc) is 2.47. The van der Waals surface area contributed by atoms with E-state index in [4.69, 9.17) is 22.7 Å². The summed E-state index contributed by atoms with van der Waals surface area (Å²) in [6.45, 7) is 0. The molecule has 0 heterocycles. The number of nitrogens with two attached hydrogens (primary N) is 1. The van der Waals surface area contributed by atoms with Crippen molar-refractivity contribution in [1.82, 2.24) is 0 Å². The highest BCUT2D eigenvalue weighted by molar-refractivity contribution is 9.10. The van der Waals surface area contributed by atoms with Crippen molar-refractivity contribution in [2.24, 2.45) is 5.84 Å². The Morgan fingerprint density at radius 1 is 1.24 bits per heavy atom. The van der Waals surface area contributed by atoms with Gasteiger partial charge in [-0.25, -0.2) is 0 Å². The normalized spacial score (nSPS) is 9.81. The van der Waals surface area contributed by atoms with Crippen LogP contribution in [-0.2, 0) is 0 Å². The highest BCUT2D eigenvalue weighted by atomic mass is 79.9. The van der Waals surface area contributed by atoms with Crippen LogP contribution in [0.4, 0.5) is 11.4 Å². The lowest BCUT2D eigenvalue weighted by molar-refractivity contribution is 0.102. The number of hydrogen-bond donors (Lipinski definition) is 3. The Bertz CT molecular complexity index is 742. The summed E-state index contributed by atoms with van der Waals surface area (Å²) in [7, 11) is 0. The Morgan fingerprint density at radius 2 is 2.00 bits per heavy atom. The van der Waals surface area contributed by atoms with Gasteiger partial charge in [0.15, 0.2) is 0 Å². The van der Waals surface area contributed by atoms with Crippen LogP contribution in [-0.4, -0.2) is 5.91 Å². The first-order valence-electron chi connectivity index (χ1n) is 5.82. The van der Waals surface area contributed by atoms with Crippen LogP contribution in [0, 0.1) is 11.3 Å². The summed E-state index contributed by atoms with van der Waals surface area (Å²) < 4.78 is 0.750. The van der Waals surface area contributed by atoms with Crippen molar-refractivity contribution in [2.45, 2.75) is 0 Å². The van der Waals surface area contributed by atoms with Gasteiger partial charge in [-0.2, -0.15) is 5.26 Å². The van der Waals surface area contributed by atoms with Crippen molar-refractivity contribution < 1.29 is 4.79 Å². The summed E-state index contributed by atoms with van der Waals surface area (Å²) in [4.78, 5) is 12.3. The van der Waals surface area contributed by atoms with Crippen molar-refractivity contribution in [3.05, 3.63) is 57.0 Å². The van der Waals surface area contributed by atoms with Crippen molar-refractivity contribution in [2.75, 3.05) is 10.7 Å². The number of nitriles is 1. The number of nitrogen functional groups attached to an aromatic ring is 1. The van der Waals surface area contributed by atoms with Crippen molar-refractivity contribution in [1.29, 1.82) is 5.26 Å². The number of carbonyl (C=O) groups is 1. The van der Waals surface area contributed by atoms with Crippen LogP contribution in [0.25, 0.3) is 0 Å². The van der Waals surface area contributed by atoms with Crippen LogP contribution in [0.5, 0.6) is 0 Å². The van der Waals surface area contributed by atoms with Crippen LogP contribution in [0.3, 0.4) is 0 Å². The molecule has 106 valence electrons. The standard InChI is InChI=1S/C14H10BrClN4O/c15-9-2-1-8(7-17)13(5-9)19-14(21)11-6-10(16)3-4-12(11)20-18/h1-6,20H,18H2,(H,19,21). The summed E-state index contributed by atoms with van der Waals surface area (Å²) in [5.74, 6) is 4.96. The van der Waals surface area contributed by atoms with E-state index in [2.05, 4.69) is 26.7 Å². The second kappa shape index (κ2) is 6.59. The summed E-state index contributed by atoms with van der Waals surface area (Å²) in [6.07, 6.45) is 0. The van der Waals surface area contributed by atoms with E-state index in [1.165, 1.54) is 6.07 Å². The number of hydrogen-bond acceptors (Lipinski definition) is 4. The third-order valence-electron chi connectivity index (χ3n) is 2.73. The first-order valence-corrected chi connectivity index (χ1v) is 6.99. The largest absolute Gasteiger partial charge is 0.323 e. The van der Waals surface area contributed by atoms with E-state index in [1.54, 1.807) is 30.3 Å². The predicted molar refractivity (Wildman–Crippen MR) is 86.1 cm³/mol.